The summed E-state index contributed by atoms with van der Waals surface area (Å²) in [4.78, 5) is 18.3. The molecule has 2 aliphatic heterocycles. The number of pyridine rings is 1. The van der Waals surface area contributed by atoms with Crippen LogP contribution >= 0.6 is 0 Å². The van der Waals surface area contributed by atoms with Gasteiger partial charge < -0.3 is 14.2 Å². The Morgan fingerprint density at radius 1 is 1.27 bits per heavy atom. The lowest BCUT2D eigenvalue weighted by Gasteiger charge is -2.23. The average Bonchev–Trinajstić information content (AvgIpc) is 3.29. The fourth-order valence-electron chi connectivity index (χ4n) is 3.39. The summed E-state index contributed by atoms with van der Waals surface area (Å²) in [5.41, 5.74) is 0.456. The van der Waals surface area contributed by atoms with E-state index in [-0.39, 0.29) is 17.6 Å². The van der Waals surface area contributed by atoms with Crippen LogP contribution in [0.15, 0.2) is 37.2 Å². The fraction of sp³-hybridized carbons (Fsp3) is 0.467. The summed E-state index contributed by atoms with van der Waals surface area (Å²) in [6, 6.07) is 3.76. The molecule has 2 fully saturated rings. The van der Waals surface area contributed by atoms with Crippen LogP contribution in [0.25, 0.3) is 0 Å². The Labute approximate surface area is 127 Å². The smallest absolute Gasteiger partial charge is 0.254 e. The first-order chi connectivity index (χ1) is 10.8. The molecule has 1 amide bonds. The molecule has 1 spiro atoms. The van der Waals surface area contributed by atoms with Gasteiger partial charge >= 0.3 is 0 Å². The molecule has 2 saturated heterocycles. The van der Waals surface area contributed by atoms with Gasteiger partial charge in [0.15, 0.2) is 0 Å². The molecule has 7 heteroatoms. The molecule has 2 aromatic heterocycles. The number of carbonyl (C=O) groups is 1. The van der Waals surface area contributed by atoms with E-state index < -0.39 is 0 Å². The monoisotopic (exact) mass is 299 g/mol. The number of ether oxygens (including phenoxy) is 1. The van der Waals surface area contributed by atoms with Gasteiger partial charge in [0.25, 0.3) is 5.91 Å². The zero-order chi connectivity index (χ0) is 15.0. The van der Waals surface area contributed by atoms with E-state index in [1.165, 1.54) is 0 Å². The van der Waals surface area contributed by atoms with Gasteiger partial charge in [0.1, 0.15) is 12.7 Å². The van der Waals surface area contributed by atoms with E-state index in [0.29, 0.717) is 18.7 Å². The first-order valence-electron chi connectivity index (χ1n) is 7.43. The molecule has 114 valence electrons. The molecule has 2 aliphatic rings. The van der Waals surface area contributed by atoms with Crippen molar-refractivity contribution in [1.82, 2.24) is 24.6 Å². The molecule has 0 N–H and O–H groups in total. The van der Waals surface area contributed by atoms with Crippen LogP contribution in [0.4, 0.5) is 0 Å². The molecule has 0 aromatic carbocycles. The van der Waals surface area contributed by atoms with Gasteiger partial charge in [0.05, 0.1) is 24.8 Å². The molecule has 22 heavy (non-hydrogen) atoms. The number of rotatable bonds is 2. The van der Waals surface area contributed by atoms with Crippen LogP contribution in [-0.2, 0) is 4.74 Å². The van der Waals surface area contributed by atoms with Crippen molar-refractivity contribution in [3.8, 4) is 0 Å². The van der Waals surface area contributed by atoms with Crippen LogP contribution in [-0.4, -0.2) is 55.9 Å². The quantitative estimate of drug-likeness (QED) is 0.824. The van der Waals surface area contributed by atoms with Crippen molar-refractivity contribution in [3.05, 3.63) is 42.7 Å². The summed E-state index contributed by atoms with van der Waals surface area (Å²) >= 11 is 0. The number of aromatic nitrogens is 4. The van der Waals surface area contributed by atoms with Crippen molar-refractivity contribution >= 4 is 5.91 Å². The summed E-state index contributed by atoms with van der Waals surface area (Å²) in [6.45, 7) is 2.03. The predicted octanol–water partition coefficient (Wildman–Crippen LogP) is 0.919. The van der Waals surface area contributed by atoms with Gasteiger partial charge in [-0.05, 0) is 18.6 Å². The number of nitrogens with zero attached hydrogens (tertiary/aromatic N) is 5. The molecule has 7 nitrogen and oxygen atoms in total. The van der Waals surface area contributed by atoms with E-state index in [1.807, 2.05) is 9.47 Å². The Bertz CT molecular complexity index is 660. The van der Waals surface area contributed by atoms with Crippen molar-refractivity contribution in [3.63, 3.8) is 0 Å². The molecule has 0 bridgehead atoms. The van der Waals surface area contributed by atoms with Gasteiger partial charge in [-0.2, -0.15) is 0 Å². The molecule has 4 heterocycles. The highest BCUT2D eigenvalue weighted by molar-refractivity contribution is 5.94. The van der Waals surface area contributed by atoms with Crippen molar-refractivity contribution in [2.24, 2.45) is 0 Å². The van der Waals surface area contributed by atoms with Crippen molar-refractivity contribution in [2.75, 3.05) is 19.7 Å². The zero-order valence-corrected chi connectivity index (χ0v) is 12.1. The minimum Gasteiger partial charge on any atom is -0.371 e. The van der Waals surface area contributed by atoms with Crippen molar-refractivity contribution < 1.29 is 9.53 Å². The highest BCUT2D eigenvalue weighted by Gasteiger charge is 2.47. The second kappa shape index (κ2) is 5.17. The second-order valence-corrected chi connectivity index (χ2v) is 5.97. The lowest BCUT2D eigenvalue weighted by Crippen LogP contribution is -2.35. The third-order valence-corrected chi connectivity index (χ3v) is 4.58. The molecular weight excluding hydrogens is 282 g/mol. The summed E-state index contributed by atoms with van der Waals surface area (Å²) in [6.07, 6.45) is 8.51. The molecule has 2 unspecified atom stereocenters. The number of amides is 1. The Kier molecular flexibility index (Phi) is 3.15. The van der Waals surface area contributed by atoms with E-state index in [2.05, 4.69) is 15.2 Å². The number of likely N-dealkylation sites (tertiary alicyclic amines) is 1. The molecule has 0 aliphatic carbocycles. The van der Waals surface area contributed by atoms with Gasteiger partial charge in [0.2, 0.25) is 0 Å². The Morgan fingerprint density at radius 2 is 2.05 bits per heavy atom. The number of carbonyl (C=O) groups excluding carboxylic acids is 1. The van der Waals surface area contributed by atoms with Crippen molar-refractivity contribution in [1.29, 1.82) is 0 Å². The van der Waals surface area contributed by atoms with E-state index in [1.54, 1.807) is 37.2 Å². The maximum absolute atomic E-state index is 12.5. The summed E-state index contributed by atoms with van der Waals surface area (Å²) in [7, 11) is 0. The number of hydrogen-bond acceptors (Lipinski definition) is 5. The lowest BCUT2D eigenvalue weighted by molar-refractivity contribution is 0.0118. The Hall–Kier alpha value is -2.28. The van der Waals surface area contributed by atoms with E-state index in [0.717, 1.165) is 19.4 Å². The Morgan fingerprint density at radius 3 is 2.82 bits per heavy atom. The lowest BCUT2D eigenvalue weighted by atomic mass is 9.97. The van der Waals surface area contributed by atoms with Crippen LogP contribution in [0, 0.1) is 0 Å². The summed E-state index contributed by atoms with van der Waals surface area (Å²) in [5, 5.41) is 7.70. The first kappa shape index (κ1) is 13.4. The van der Waals surface area contributed by atoms with Crippen LogP contribution in [0.1, 0.15) is 29.2 Å². The minimum atomic E-state index is -0.225. The molecule has 2 aromatic rings. The maximum Gasteiger partial charge on any atom is 0.254 e. The zero-order valence-electron chi connectivity index (χ0n) is 12.1. The fourth-order valence-corrected chi connectivity index (χ4v) is 3.39. The summed E-state index contributed by atoms with van der Waals surface area (Å²) in [5.74, 6) is 0.0515. The number of hydrogen-bond donors (Lipinski definition) is 0. The van der Waals surface area contributed by atoms with Crippen LogP contribution in [0.3, 0.4) is 0 Å². The molecule has 0 radical (unpaired) electrons. The average molecular weight is 299 g/mol. The third kappa shape index (κ3) is 2.27. The van der Waals surface area contributed by atoms with Gasteiger partial charge in [-0.25, -0.2) is 0 Å². The molecule has 4 rings (SSSR count). The third-order valence-electron chi connectivity index (χ3n) is 4.58. The van der Waals surface area contributed by atoms with Gasteiger partial charge in [-0.3, -0.25) is 9.78 Å². The molecular formula is C15H17N5O2. The van der Waals surface area contributed by atoms with Gasteiger partial charge in [-0.15, -0.1) is 10.2 Å². The first-order valence-corrected chi connectivity index (χ1v) is 7.43. The van der Waals surface area contributed by atoms with Crippen LogP contribution in [0.5, 0.6) is 0 Å². The van der Waals surface area contributed by atoms with E-state index >= 15 is 0 Å². The van der Waals surface area contributed by atoms with Crippen LogP contribution < -0.4 is 0 Å². The highest BCUT2D eigenvalue weighted by Crippen LogP contribution is 2.40. The normalized spacial score (nSPS) is 27.6. The topological polar surface area (TPSA) is 73.1 Å². The molecule has 0 saturated carbocycles. The van der Waals surface area contributed by atoms with Gasteiger partial charge in [0, 0.05) is 30.9 Å². The minimum absolute atomic E-state index is 0.0515. The van der Waals surface area contributed by atoms with E-state index in [4.69, 9.17) is 4.74 Å². The summed E-state index contributed by atoms with van der Waals surface area (Å²) < 4.78 is 8.06. The largest absolute Gasteiger partial charge is 0.371 e. The van der Waals surface area contributed by atoms with Crippen LogP contribution in [0.2, 0.25) is 0 Å². The maximum atomic E-state index is 12.5. The predicted molar refractivity (Wildman–Crippen MR) is 77.1 cm³/mol. The molecule has 2 atom stereocenters. The Balaban J connectivity index is 1.46. The standard InChI is InChI=1S/C15H17N5O2/c21-14(12-1-4-16-5-2-12)19-6-3-15(9-19)7-13(8-22-15)20-10-17-18-11-20/h1-2,4-5,10-11,13H,3,6-9H2. The highest BCUT2D eigenvalue weighted by atomic mass is 16.5. The SMILES string of the molecule is O=C(c1ccncc1)N1CCC2(CC(n3cnnc3)CO2)C1. The second-order valence-electron chi connectivity index (χ2n) is 5.97. The van der Waals surface area contributed by atoms with E-state index in [9.17, 15) is 4.79 Å². The van der Waals surface area contributed by atoms with Crippen molar-refractivity contribution in [2.45, 2.75) is 24.5 Å². The van der Waals surface area contributed by atoms with Gasteiger partial charge in [-0.1, -0.05) is 0 Å².